The Morgan fingerprint density at radius 2 is 1.76 bits per heavy atom. The Morgan fingerprint density at radius 1 is 1.09 bits per heavy atom. The van der Waals surface area contributed by atoms with Crippen molar-refractivity contribution >= 4 is 17.7 Å². The number of likely N-dealkylation sites (tertiary alicyclic amines) is 1. The summed E-state index contributed by atoms with van der Waals surface area (Å²) in [7, 11) is 0. The van der Waals surface area contributed by atoms with Crippen molar-refractivity contribution < 1.29 is 22.7 Å². The van der Waals surface area contributed by atoms with Crippen molar-refractivity contribution in [3.8, 4) is 0 Å². The first-order chi connectivity index (χ1) is 15.2. The molecule has 1 amide bonds. The molecular weight excluding hydrogens is 453 g/mol. The van der Waals surface area contributed by atoms with Gasteiger partial charge in [0.05, 0.1) is 23.7 Å². The summed E-state index contributed by atoms with van der Waals surface area (Å²) >= 11 is 6.48. The number of halogens is 4. The van der Waals surface area contributed by atoms with Gasteiger partial charge in [-0.3, -0.25) is 4.90 Å². The summed E-state index contributed by atoms with van der Waals surface area (Å²) in [5, 5.41) is 0.517. The molecule has 1 saturated heterocycles. The normalized spacial score (nSPS) is 20.1. The van der Waals surface area contributed by atoms with E-state index in [1.54, 1.807) is 44.7 Å². The number of carbonyl (C=O) groups excluding carboxylic acids is 1. The van der Waals surface area contributed by atoms with E-state index in [9.17, 15) is 18.0 Å². The van der Waals surface area contributed by atoms with Crippen LogP contribution < -0.4 is 5.73 Å². The lowest BCUT2D eigenvalue weighted by molar-refractivity contribution is -0.137. The Hall–Kier alpha value is -2.25. The molecule has 33 heavy (non-hydrogen) atoms. The molecule has 0 spiro atoms. The topological polar surface area (TPSA) is 55.6 Å². The average Bonchev–Trinajstić information content (AvgIpc) is 3.11. The SMILES string of the molecule is Cc1cc([C@@H](N)[C@H]2CC[C@@H](c3cc(C)ccc3Cl)N2C(=O)OC(C)(C)C)cc(C(F)(F)F)c1. The zero-order valence-electron chi connectivity index (χ0n) is 19.5. The van der Waals surface area contributed by atoms with Crippen LogP contribution in [0.1, 0.15) is 73.5 Å². The first-order valence-corrected chi connectivity index (χ1v) is 11.3. The van der Waals surface area contributed by atoms with Gasteiger partial charge >= 0.3 is 12.3 Å². The first-order valence-electron chi connectivity index (χ1n) is 10.9. The lowest BCUT2D eigenvalue weighted by Crippen LogP contribution is -2.45. The molecule has 0 unspecified atom stereocenters. The molecule has 0 saturated carbocycles. The summed E-state index contributed by atoms with van der Waals surface area (Å²) in [5.74, 6) is 0. The number of alkyl halides is 3. The second kappa shape index (κ2) is 9.18. The highest BCUT2D eigenvalue weighted by atomic mass is 35.5. The van der Waals surface area contributed by atoms with Crippen LogP contribution in [0.2, 0.25) is 5.02 Å². The van der Waals surface area contributed by atoms with Crippen LogP contribution >= 0.6 is 11.6 Å². The summed E-state index contributed by atoms with van der Waals surface area (Å²) in [5.41, 5.74) is 7.57. The number of benzene rings is 2. The fraction of sp³-hybridized carbons (Fsp3) is 0.480. The molecule has 3 atom stereocenters. The number of hydrogen-bond donors (Lipinski definition) is 1. The molecule has 0 aromatic heterocycles. The van der Waals surface area contributed by atoms with E-state index >= 15 is 0 Å². The molecule has 1 fully saturated rings. The van der Waals surface area contributed by atoms with Crippen LogP contribution in [0, 0.1) is 13.8 Å². The van der Waals surface area contributed by atoms with Crippen molar-refractivity contribution in [2.75, 3.05) is 0 Å². The predicted molar refractivity (Wildman–Crippen MR) is 123 cm³/mol. The van der Waals surface area contributed by atoms with E-state index in [0.717, 1.165) is 23.3 Å². The van der Waals surface area contributed by atoms with Crippen LogP contribution in [0.5, 0.6) is 0 Å². The third kappa shape index (κ3) is 5.82. The summed E-state index contributed by atoms with van der Waals surface area (Å²) in [6, 6.07) is 7.61. The fourth-order valence-corrected chi connectivity index (χ4v) is 4.63. The molecule has 0 bridgehead atoms. The molecule has 2 aromatic rings. The summed E-state index contributed by atoms with van der Waals surface area (Å²) in [6.07, 6.45) is -3.98. The molecule has 2 N–H and O–H groups in total. The number of nitrogens with two attached hydrogens (primary N) is 1. The number of ether oxygens (including phenoxy) is 1. The third-order valence-corrected chi connectivity index (χ3v) is 6.11. The second-order valence-corrected chi connectivity index (χ2v) is 10.1. The van der Waals surface area contributed by atoms with Crippen LogP contribution in [0.4, 0.5) is 18.0 Å². The average molecular weight is 483 g/mol. The van der Waals surface area contributed by atoms with Crippen molar-refractivity contribution in [3.05, 3.63) is 69.2 Å². The Balaban J connectivity index is 2.04. The highest BCUT2D eigenvalue weighted by Gasteiger charge is 2.44. The summed E-state index contributed by atoms with van der Waals surface area (Å²) < 4.78 is 45.9. The second-order valence-electron chi connectivity index (χ2n) is 9.73. The molecule has 3 rings (SSSR count). The van der Waals surface area contributed by atoms with Gasteiger partial charge in [-0.2, -0.15) is 13.2 Å². The number of aryl methyl sites for hydroxylation is 2. The van der Waals surface area contributed by atoms with Crippen LogP contribution in [0.25, 0.3) is 0 Å². The first kappa shape index (κ1) is 25.4. The molecule has 1 heterocycles. The standard InChI is InChI=1S/C25H30ClF3N2O2/c1-14-6-7-19(26)18(12-14)20-8-9-21(31(20)23(32)33-24(3,4)5)22(30)16-10-15(2)11-17(13-16)25(27,28)29/h6-7,10-13,20-22H,8-9,30H2,1-5H3/t20-,21+,22+/m0/s1. The van der Waals surface area contributed by atoms with Gasteiger partial charge < -0.3 is 10.5 Å². The van der Waals surface area contributed by atoms with Gasteiger partial charge in [-0.25, -0.2) is 4.79 Å². The van der Waals surface area contributed by atoms with Crippen molar-refractivity contribution in [1.29, 1.82) is 0 Å². The maximum absolute atomic E-state index is 13.4. The van der Waals surface area contributed by atoms with E-state index in [2.05, 4.69) is 0 Å². The number of amides is 1. The predicted octanol–water partition coefficient (Wildman–Crippen LogP) is 7.12. The molecular formula is C25H30ClF3N2O2. The van der Waals surface area contributed by atoms with Gasteiger partial charge in [0.15, 0.2) is 0 Å². The third-order valence-electron chi connectivity index (χ3n) is 5.77. The molecule has 0 radical (unpaired) electrons. The maximum atomic E-state index is 13.4. The Bertz CT molecular complexity index is 1030. The minimum atomic E-state index is -4.49. The fourth-order valence-electron chi connectivity index (χ4n) is 4.38. The van der Waals surface area contributed by atoms with E-state index < -0.39 is 41.6 Å². The molecule has 180 valence electrons. The summed E-state index contributed by atoms with van der Waals surface area (Å²) in [4.78, 5) is 14.9. The highest BCUT2D eigenvalue weighted by Crippen LogP contribution is 2.44. The Morgan fingerprint density at radius 3 is 2.36 bits per heavy atom. The number of nitrogens with zero attached hydrogens (tertiary/aromatic N) is 1. The smallest absolute Gasteiger partial charge is 0.416 e. The van der Waals surface area contributed by atoms with Gasteiger partial charge in [0.2, 0.25) is 0 Å². The Labute approximate surface area is 197 Å². The largest absolute Gasteiger partial charge is 0.444 e. The van der Waals surface area contributed by atoms with Gasteiger partial charge in [-0.05, 0) is 76.8 Å². The van der Waals surface area contributed by atoms with E-state index in [-0.39, 0.29) is 0 Å². The minimum absolute atomic E-state index is 0.330. The maximum Gasteiger partial charge on any atom is 0.416 e. The molecule has 1 aliphatic rings. The molecule has 4 nitrogen and oxygen atoms in total. The van der Waals surface area contributed by atoms with E-state index in [1.807, 2.05) is 19.1 Å². The minimum Gasteiger partial charge on any atom is -0.444 e. The van der Waals surface area contributed by atoms with Gasteiger partial charge in [0, 0.05) is 5.02 Å². The van der Waals surface area contributed by atoms with Gasteiger partial charge in [0.1, 0.15) is 5.60 Å². The molecule has 1 aliphatic heterocycles. The lowest BCUT2D eigenvalue weighted by atomic mass is 9.95. The van der Waals surface area contributed by atoms with Crippen LogP contribution in [-0.4, -0.2) is 22.6 Å². The number of carbonyl (C=O) groups is 1. The number of rotatable bonds is 3. The molecule has 0 aliphatic carbocycles. The van der Waals surface area contributed by atoms with E-state index in [0.29, 0.717) is 29.0 Å². The highest BCUT2D eigenvalue weighted by molar-refractivity contribution is 6.31. The van der Waals surface area contributed by atoms with Crippen molar-refractivity contribution in [2.24, 2.45) is 5.73 Å². The van der Waals surface area contributed by atoms with Gasteiger partial charge in [-0.15, -0.1) is 0 Å². The van der Waals surface area contributed by atoms with Crippen LogP contribution in [-0.2, 0) is 10.9 Å². The van der Waals surface area contributed by atoms with Crippen molar-refractivity contribution in [2.45, 2.75) is 77.4 Å². The van der Waals surface area contributed by atoms with Gasteiger partial charge in [0.25, 0.3) is 0 Å². The monoisotopic (exact) mass is 482 g/mol. The van der Waals surface area contributed by atoms with E-state index in [4.69, 9.17) is 22.1 Å². The zero-order chi connectivity index (χ0) is 24.7. The zero-order valence-corrected chi connectivity index (χ0v) is 20.2. The summed E-state index contributed by atoms with van der Waals surface area (Å²) in [6.45, 7) is 8.82. The lowest BCUT2D eigenvalue weighted by Gasteiger charge is -2.36. The van der Waals surface area contributed by atoms with Gasteiger partial charge in [-0.1, -0.05) is 40.9 Å². The van der Waals surface area contributed by atoms with Crippen molar-refractivity contribution in [1.82, 2.24) is 4.90 Å². The van der Waals surface area contributed by atoms with Crippen LogP contribution in [0.15, 0.2) is 36.4 Å². The van der Waals surface area contributed by atoms with E-state index in [1.165, 1.54) is 0 Å². The van der Waals surface area contributed by atoms with Crippen molar-refractivity contribution in [3.63, 3.8) is 0 Å². The molecule has 8 heteroatoms. The number of hydrogen-bond acceptors (Lipinski definition) is 3. The Kier molecular flexibility index (Phi) is 7.06. The molecule has 2 aromatic carbocycles. The quantitative estimate of drug-likeness (QED) is 0.506. The van der Waals surface area contributed by atoms with Crippen LogP contribution in [0.3, 0.4) is 0 Å².